The number of anilines is 1. The molecule has 43 heavy (non-hydrogen) atoms. The Morgan fingerprint density at radius 1 is 1.12 bits per heavy atom. The van der Waals surface area contributed by atoms with E-state index in [9.17, 15) is 10.1 Å². The Balaban J connectivity index is 1.26. The first-order valence-electron chi connectivity index (χ1n) is 14.6. The fourth-order valence-electron chi connectivity index (χ4n) is 5.56. The Bertz CT molecular complexity index is 1810. The van der Waals surface area contributed by atoms with Crippen LogP contribution in [0.5, 0.6) is 5.75 Å². The molecule has 0 atom stereocenters. The number of likely N-dealkylation sites (tertiary alicyclic amines) is 1. The fraction of sp³-hybridized carbons (Fsp3) is 0.375. The van der Waals surface area contributed by atoms with Crippen LogP contribution < -0.4 is 14.9 Å². The molecule has 1 saturated heterocycles. The van der Waals surface area contributed by atoms with Gasteiger partial charge < -0.3 is 15.0 Å². The molecule has 1 aliphatic heterocycles. The first-order chi connectivity index (χ1) is 21.0. The smallest absolute Gasteiger partial charge is 0.436 e. The van der Waals surface area contributed by atoms with E-state index in [0.717, 1.165) is 65.6 Å². The Morgan fingerprint density at radius 2 is 1.88 bits per heavy atom. The molecule has 0 bridgehead atoms. The first kappa shape index (κ1) is 27.2. The summed E-state index contributed by atoms with van der Waals surface area (Å²) in [6.07, 6.45) is 7.70. The molecular weight excluding hydrogens is 566 g/mol. The van der Waals surface area contributed by atoms with Crippen molar-refractivity contribution in [3.63, 3.8) is 0 Å². The second-order valence-corrected chi connectivity index (χ2v) is 11.6. The van der Waals surface area contributed by atoms with Gasteiger partial charge >= 0.3 is 6.09 Å². The zero-order valence-corrected chi connectivity index (χ0v) is 24.5. The summed E-state index contributed by atoms with van der Waals surface area (Å²) < 4.78 is 7.37. The van der Waals surface area contributed by atoms with Crippen LogP contribution in [0.3, 0.4) is 0 Å². The standard InChI is InChI=1S/C32H30ClN7O3/c1-42-23-10-4-20(5-11-23)18-35-31-26(17-34)29(37-40(31)43-32(41)38-14-2-3-15-38)13-12-24-27-19-36-39(22-8-9-22)30(27)25(16-28(24)33)21-6-7-21/h4-5,10-11,16,19,21-22,35H,2-3,6-9,14-15,18H2,1H3. The first-order valence-corrected chi connectivity index (χ1v) is 15.0. The van der Waals surface area contributed by atoms with Crippen molar-refractivity contribution in [2.75, 3.05) is 25.5 Å². The molecule has 3 heterocycles. The molecule has 7 rings (SSSR count). The highest BCUT2D eigenvalue weighted by Crippen LogP contribution is 2.47. The van der Waals surface area contributed by atoms with Crippen molar-refractivity contribution < 1.29 is 14.4 Å². The number of benzene rings is 2. The molecule has 0 radical (unpaired) electrons. The number of aromatic nitrogens is 4. The molecule has 3 fully saturated rings. The Morgan fingerprint density at radius 3 is 2.56 bits per heavy atom. The van der Waals surface area contributed by atoms with Crippen molar-refractivity contribution in [1.82, 2.24) is 24.6 Å². The van der Waals surface area contributed by atoms with E-state index in [1.54, 1.807) is 12.0 Å². The largest absolute Gasteiger partial charge is 0.497 e. The molecule has 0 unspecified atom stereocenters. The van der Waals surface area contributed by atoms with E-state index in [1.165, 1.54) is 5.56 Å². The van der Waals surface area contributed by atoms with E-state index in [4.69, 9.17) is 26.3 Å². The van der Waals surface area contributed by atoms with Gasteiger partial charge in [0, 0.05) is 25.0 Å². The average molecular weight is 596 g/mol. The molecule has 0 spiro atoms. The van der Waals surface area contributed by atoms with E-state index < -0.39 is 6.09 Å². The number of fused-ring (bicyclic) bond motifs is 1. The minimum absolute atomic E-state index is 0.172. The predicted octanol–water partition coefficient (Wildman–Crippen LogP) is 5.64. The predicted molar refractivity (Wildman–Crippen MR) is 161 cm³/mol. The quantitative estimate of drug-likeness (QED) is 0.276. The molecule has 1 N–H and O–H groups in total. The lowest BCUT2D eigenvalue weighted by Gasteiger charge is -2.15. The maximum atomic E-state index is 12.9. The summed E-state index contributed by atoms with van der Waals surface area (Å²) in [7, 11) is 1.61. The van der Waals surface area contributed by atoms with Crippen LogP contribution in [0.4, 0.5) is 10.6 Å². The molecule has 3 aliphatic rings. The van der Waals surface area contributed by atoms with Gasteiger partial charge in [-0.3, -0.25) is 9.52 Å². The van der Waals surface area contributed by atoms with Crippen LogP contribution in [0.2, 0.25) is 5.02 Å². The maximum Gasteiger partial charge on any atom is 0.436 e. The summed E-state index contributed by atoms with van der Waals surface area (Å²) in [6, 6.07) is 12.2. The summed E-state index contributed by atoms with van der Waals surface area (Å²) in [5.74, 6) is 7.74. The third-order valence-corrected chi connectivity index (χ3v) is 8.49. The van der Waals surface area contributed by atoms with Gasteiger partial charge in [0.1, 0.15) is 17.4 Å². The number of amides is 1. The van der Waals surface area contributed by atoms with Gasteiger partial charge in [0.2, 0.25) is 0 Å². The lowest BCUT2D eigenvalue weighted by molar-refractivity contribution is 0.0875. The lowest BCUT2D eigenvalue weighted by atomic mass is 10.0. The number of nitriles is 1. The molecule has 2 aliphatic carbocycles. The number of carbonyl (C=O) groups is 1. The molecular formula is C32H30ClN7O3. The van der Waals surface area contributed by atoms with Crippen molar-refractivity contribution in [1.29, 1.82) is 5.26 Å². The Kier molecular flexibility index (Phi) is 7.08. The molecule has 2 aromatic heterocycles. The maximum absolute atomic E-state index is 12.9. The summed E-state index contributed by atoms with van der Waals surface area (Å²) in [5.41, 5.74) is 4.27. The molecule has 218 valence electrons. The number of nitrogens with one attached hydrogen (secondary N) is 1. The van der Waals surface area contributed by atoms with Crippen molar-refractivity contribution >= 4 is 34.4 Å². The van der Waals surface area contributed by atoms with Crippen LogP contribution in [0.15, 0.2) is 36.5 Å². The van der Waals surface area contributed by atoms with Crippen molar-refractivity contribution in [2.45, 2.75) is 57.0 Å². The van der Waals surface area contributed by atoms with E-state index in [0.29, 0.717) is 42.2 Å². The van der Waals surface area contributed by atoms with Gasteiger partial charge in [-0.2, -0.15) is 10.4 Å². The van der Waals surface area contributed by atoms with Gasteiger partial charge in [0.25, 0.3) is 0 Å². The number of carbonyl (C=O) groups excluding carboxylic acids is 1. The van der Waals surface area contributed by atoms with Gasteiger partial charge in [-0.25, -0.2) is 4.79 Å². The number of nitrogens with zero attached hydrogens (tertiary/aromatic N) is 6. The topological polar surface area (TPSA) is 110 Å². The minimum Gasteiger partial charge on any atom is -0.497 e. The second-order valence-electron chi connectivity index (χ2n) is 11.2. The van der Waals surface area contributed by atoms with E-state index in [1.807, 2.05) is 36.5 Å². The van der Waals surface area contributed by atoms with E-state index in [2.05, 4.69) is 33.0 Å². The Labute approximate surface area is 254 Å². The zero-order chi connectivity index (χ0) is 29.5. The van der Waals surface area contributed by atoms with Gasteiger partial charge in [-0.05, 0) is 79.7 Å². The number of hydrogen-bond donors (Lipinski definition) is 1. The number of halogens is 1. The third kappa shape index (κ3) is 5.35. The van der Waals surface area contributed by atoms with Gasteiger partial charge in [-0.15, -0.1) is 5.10 Å². The molecule has 10 nitrogen and oxygen atoms in total. The molecule has 2 aromatic carbocycles. The van der Waals surface area contributed by atoms with Crippen LogP contribution in [-0.2, 0) is 6.54 Å². The molecule has 4 aromatic rings. The summed E-state index contributed by atoms with van der Waals surface area (Å²) in [4.78, 5) is 21.3. The summed E-state index contributed by atoms with van der Waals surface area (Å²) >= 11 is 6.82. The molecule has 11 heteroatoms. The van der Waals surface area contributed by atoms with Crippen LogP contribution in [-0.4, -0.2) is 50.9 Å². The van der Waals surface area contributed by atoms with Crippen LogP contribution in [0.25, 0.3) is 10.9 Å². The second kappa shape index (κ2) is 11.2. The van der Waals surface area contributed by atoms with Crippen molar-refractivity contribution in [3.8, 4) is 23.7 Å². The highest BCUT2D eigenvalue weighted by Gasteiger charge is 2.33. The van der Waals surface area contributed by atoms with Gasteiger partial charge in [0.15, 0.2) is 11.5 Å². The average Bonchev–Trinajstić information content (AvgIpc) is 3.92. The molecule has 1 amide bonds. The number of ether oxygens (including phenoxy) is 1. The van der Waals surface area contributed by atoms with Gasteiger partial charge in [0.05, 0.1) is 35.5 Å². The number of methoxy groups -OCH3 is 1. The number of hydrogen-bond acceptors (Lipinski definition) is 7. The lowest BCUT2D eigenvalue weighted by Crippen LogP contribution is -2.35. The van der Waals surface area contributed by atoms with Crippen LogP contribution in [0, 0.1) is 23.2 Å². The highest BCUT2D eigenvalue weighted by molar-refractivity contribution is 6.33. The number of rotatable bonds is 7. The van der Waals surface area contributed by atoms with E-state index in [-0.39, 0.29) is 17.1 Å². The van der Waals surface area contributed by atoms with Crippen molar-refractivity contribution in [2.24, 2.45) is 0 Å². The summed E-state index contributed by atoms with van der Waals surface area (Å²) in [6.45, 7) is 1.59. The highest BCUT2D eigenvalue weighted by atomic mass is 35.5. The Hall–Kier alpha value is -4.67. The van der Waals surface area contributed by atoms with E-state index >= 15 is 0 Å². The zero-order valence-electron chi connectivity index (χ0n) is 23.8. The minimum atomic E-state index is -0.524. The summed E-state index contributed by atoms with van der Waals surface area (Å²) in [5, 5.41) is 24.1. The normalized spacial score (nSPS) is 16.1. The molecule has 2 saturated carbocycles. The van der Waals surface area contributed by atoms with Gasteiger partial charge in [-0.1, -0.05) is 34.5 Å². The fourth-order valence-corrected chi connectivity index (χ4v) is 5.83. The van der Waals surface area contributed by atoms with Crippen LogP contribution >= 0.6 is 11.6 Å². The van der Waals surface area contributed by atoms with Crippen LogP contribution in [0.1, 0.15) is 78.4 Å². The monoisotopic (exact) mass is 595 g/mol. The third-order valence-electron chi connectivity index (χ3n) is 8.19. The van der Waals surface area contributed by atoms with Crippen molar-refractivity contribution in [3.05, 3.63) is 69.5 Å². The SMILES string of the molecule is COc1ccc(CNc2c(C#N)c(C#Cc3c(Cl)cc(C4CC4)c4c3cnn4C3CC3)nn2OC(=O)N2CCCC2)cc1.